The van der Waals surface area contributed by atoms with E-state index in [0.29, 0.717) is 13.0 Å². The van der Waals surface area contributed by atoms with Gasteiger partial charge in [0, 0.05) is 23.5 Å². The number of allylic oxidation sites excluding steroid dienone is 1. The van der Waals surface area contributed by atoms with Gasteiger partial charge in [-0.1, -0.05) is 37.3 Å². The average Bonchev–Trinajstić information content (AvgIpc) is 2.90. The molecule has 4 heteroatoms. The topological polar surface area (TPSA) is 68.1 Å². The summed E-state index contributed by atoms with van der Waals surface area (Å²) in [4.78, 5) is 15.0. The van der Waals surface area contributed by atoms with Crippen LogP contribution < -0.4 is 5.73 Å². The van der Waals surface area contributed by atoms with Gasteiger partial charge in [0.2, 0.25) is 0 Å². The fraction of sp³-hybridized carbons (Fsp3) is 0.353. The lowest BCUT2D eigenvalue weighted by Gasteiger charge is -2.10. The first-order valence-corrected chi connectivity index (χ1v) is 7.34. The third-order valence-electron chi connectivity index (χ3n) is 3.35. The van der Waals surface area contributed by atoms with Gasteiger partial charge in [0.1, 0.15) is 6.04 Å². The zero-order valence-corrected chi connectivity index (χ0v) is 12.3. The first-order valence-electron chi connectivity index (χ1n) is 7.34. The number of nitrogens with two attached hydrogens (primary N) is 1. The van der Waals surface area contributed by atoms with Crippen LogP contribution in [-0.4, -0.2) is 23.6 Å². The fourth-order valence-corrected chi connectivity index (χ4v) is 2.24. The van der Waals surface area contributed by atoms with Gasteiger partial charge in [0.25, 0.3) is 0 Å². The summed E-state index contributed by atoms with van der Waals surface area (Å²) in [6.45, 7) is 2.45. The molecule has 0 radical (unpaired) electrons. The van der Waals surface area contributed by atoms with Gasteiger partial charge in [-0.05, 0) is 24.5 Å². The van der Waals surface area contributed by atoms with Crippen molar-refractivity contribution in [2.24, 2.45) is 5.73 Å². The molecule has 0 aliphatic carbocycles. The molecule has 0 bridgehead atoms. The Hall–Kier alpha value is -2.07. The number of rotatable bonds is 7. The monoisotopic (exact) mass is 286 g/mol. The molecule has 0 saturated heterocycles. The third kappa shape index (κ3) is 4.20. The number of aromatic nitrogens is 1. The molecule has 2 aromatic rings. The first-order chi connectivity index (χ1) is 10.2. The van der Waals surface area contributed by atoms with E-state index in [2.05, 4.69) is 18.0 Å². The lowest BCUT2D eigenvalue weighted by Crippen LogP contribution is -2.34. The molecule has 0 unspecified atom stereocenters. The predicted octanol–water partition coefficient (Wildman–Crippen LogP) is 2.94. The van der Waals surface area contributed by atoms with Crippen LogP contribution in [-0.2, 0) is 16.0 Å². The second kappa shape index (κ2) is 7.64. The number of ether oxygens (including phenoxy) is 1. The van der Waals surface area contributed by atoms with Crippen molar-refractivity contribution in [3.63, 3.8) is 0 Å². The van der Waals surface area contributed by atoms with Crippen LogP contribution in [0, 0.1) is 0 Å². The molecule has 0 aliphatic heterocycles. The van der Waals surface area contributed by atoms with E-state index >= 15 is 0 Å². The maximum atomic E-state index is 11.9. The summed E-state index contributed by atoms with van der Waals surface area (Å²) in [6.07, 6.45) is 8.18. The van der Waals surface area contributed by atoms with Crippen LogP contribution in [0.2, 0.25) is 0 Å². The van der Waals surface area contributed by atoms with Crippen molar-refractivity contribution in [3.8, 4) is 0 Å². The van der Waals surface area contributed by atoms with Crippen molar-refractivity contribution in [2.75, 3.05) is 6.61 Å². The normalized spacial score (nSPS) is 12.9. The predicted molar refractivity (Wildman–Crippen MR) is 85.0 cm³/mol. The van der Waals surface area contributed by atoms with Crippen molar-refractivity contribution in [1.82, 2.24) is 4.98 Å². The number of esters is 1. The maximum Gasteiger partial charge on any atom is 0.323 e. The summed E-state index contributed by atoms with van der Waals surface area (Å²) in [7, 11) is 0. The van der Waals surface area contributed by atoms with E-state index in [4.69, 9.17) is 10.5 Å². The van der Waals surface area contributed by atoms with Crippen molar-refractivity contribution in [3.05, 3.63) is 48.2 Å². The number of carbonyl (C=O) groups is 1. The number of aromatic amines is 1. The van der Waals surface area contributed by atoms with E-state index in [1.807, 2.05) is 36.5 Å². The standard InChI is InChI=1S/C17H22N2O2/c1-2-3-4-7-10-21-17(20)15(18)11-13-12-19-16-9-6-5-8-14(13)16/h3-6,8-9,12,15,19H,2,7,10-11,18H2,1H3/t15-/m0/s1. The quantitative estimate of drug-likeness (QED) is 0.467. The SMILES string of the molecule is CCC=CCCOC(=O)[C@@H](N)Cc1c[nH]c2ccccc12. The third-order valence-corrected chi connectivity index (χ3v) is 3.35. The highest BCUT2D eigenvalue weighted by Crippen LogP contribution is 2.18. The van der Waals surface area contributed by atoms with Crippen LogP contribution in [0.4, 0.5) is 0 Å². The number of carbonyl (C=O) groups excluding carboxylic acids is 1. The Kier molecular flexibility index (Phi) is 5.58. The van der Waals surface area contributed by atoms with E-state index in [0.717, 1.165) is 29.3 Å². The van der Waals surface area contributed by atoms with Crippen molar-refractivity contribution >= 4 is 16.9 Å². The molecule has 3 N–H and O–H groups in total. The highest BCUT2D eigenvalue weighted by molar-refractivity contribution is 5.84. The molecule has 4 nitrogen and oxygen atoms in total. The molecule has 0 fully saturated rings. The molecule has 2 rings (SSSR count). The van der Waals surface area contributed by atoms with Crippen LogP contribution in [0.1, 0.15) is 25.3 Å². The van der Waals surface area contributed by atoms with E-state index in [1.54, 1.807) is 0 Å². The Bertz CT molecular complexity index is 616. The van der Waals surface area contributed by atoms with E-state index < -0.39 is 6.04 Å². The van der Waals surface area contributed by atoms with E-state index in [-0.39, 0.29) is 5.97 Å². The number of nitrogens with one attached hydrogen (secondary N) is 1. The molecular weight excluding hydrogens is 264 g/mol. The van der Waals surface area contributed by atoms with Gasteiger partial charge in [0.05, 0.1) is 6.61 Å². The Morgan fingerprint density at radius 1 is 1.38 bits per heavy atom. The summed E-state index contributed by atoms with van der Waals surface area (Å²) >= 11 is 0. The smallest absolute Gasteiger partial charge is 0.323 e. The molecule has 0 saturated carbocycles. The Morgan fingerprint density at radius 2 is 2.19 bits per heavy atom. The number of H-pyrrole nitrogens is 1. The molecule has 0 aliphatic rings. The molecule has 0 spiro atoms. The number of fused-ring (bicyclic) bond motifs is 1. The molecular formula is C17H22N2O2. The molecule has 1 aromatic heterocycles. The molecule has 1 aromatic carbocycles. The van der Waals surface area contributed by atoms with Gasteiger partial charge in [-0.25, -0.2) is 0 Å². The summed E-state index contributed by atoms with van der Waals surface area (Å²) < 4.78 is 5.19. The molecule has 1 atom stereocenters. The van der Waals surface area contributed by atoms with Crippen molar-refractivity contribution in [1.29, 1.82) is 0 Å². The number of hydrogen-bond acceptors (Lipinski definition) is 3. The van der Waals surface area contributed by atoms with Gasteiger partial charge >= 0.3 is 5.97 Å². The maximum absolute atomic E-state index is 11.9. The largest absolute Gasteiger partial charge is 0.464 e. The summed E-state index contributed by atoms with van der Waals surface area (Å²) in [5, 5.41) is 1.10. The van der Waals surface area contributed by atoms with Crippen LogP contribution >= 0.6 is 0 Å². The number of para-hydroxylation sites is 1. The molecule has 112 valence electrons. The van der Waals surface area contributed by atoms with Gasteiger partial charge in [0.15, 0.2) is 0 Å². The summed E-state index contributed by atoms with van der Waals surface area (Å²) in [6, 6.07) is 7.35. The van der Waals surface area contributed by atoms with Crippen LogP contribution in [0.5, 0.6) is 0 Å². The summed E-state index contributed by atoms with van der Waals surface area (Å²) in [5.41, 5.74) is 8.03. The minimum atomic E-state index is -0.626. The first kappa shape index (κ1) is 15.3. The van der Waals surface area contributed by atoms with Crippen molar-refractivity contribution < 1.29 is 9.53 Å². The Balaban J connectivity index is 1.87. The zero-order chi connectivity index (χ0) is 15.1. The second-order valence-electron chi connectivity index (χ2n) is 5.01. The van der Waals surface area contributed by atoms with Crippen molar-refractivity contribution in [2.45, 2.75) is 32.2 Å². The van der Waals surface area contributed by atoms with Gasteiger partial charge in [-0.2, -0.15) is 0 Å². The van der Waals surface area contributed by atoms with Gasteiger partial charge in [-0.3, -0.25) is 4.79 Å². The Labute approximate surface area is 125 Å². The summed E-state index contributed by atoms with van der Waals surface area (Å²) in [5.74, 6) is -0.342. The van der Waals surface area contributed by atoms with E-state index in [1.165, 1.54) is 0 Å². The molecule has 21 heavy (non-hydrogen) atoms. The minimum absolute atomic E-state index is 0.342. The lowest BCUT2D eigenvalue weighted by molar-refractivity contribution is -0.145. The Morgan fingerprint density at radius 3 is 3.00 bits per heavy atom. The zero-order valence-electron chi connectivity index (χ0n) is 12.3. The number of hydrogen-bond donors (Lipinski definition) is 2. The van der Waals surface area contributed by atoms with Crippen LogP contribution in [0.25, 0.3) is 10.9 Å². The average molecular weight is 286 g/mol. The number of benzene rings is 1. The molecule has 1 heterocycles. The second-order valence-corrected chi connectivity index (χ2v) is 5.01. The van der Waals surface area contributed by atoms with Gasteiger partial charge < -0.3 is 15.5 Å². The highest BCUT2D eigenvalue weighted by atomic mass is 16.5. The molecule has 0 amide bonds. The minimum Gasteiger partial charge on any atom is -0.464 e. The van der Waals surface area contributed by atoms with Crippen LogP contribution in [0.15, 0.2) is 42.6 Å². The van der Waals surface area contributed by atoms with E-state index in [9.17, 15) is 4.79 Å². The highest BCUT2D eigenvalue weighted by Gasteiger charge is 2.17. The van der Waals surface area contributed by atoms with Crippen LogP contribution in [0.3, 0.4) is 0 Å². The van der Waals surface area contributed by atoms with Gasteiger partial charge in [-0.15, -0.1) is 0 Å². The lowest BCUT2D eigenvalue weighted by atomic mass is 10.1. The fourth-order valence-electron chi connectivity index (χ4n) is 2.24.